The lowest BCUT2D eigenvalue weighted by atomic mass is 9.79. The molecule has 5 nitrogen and oxygen atoms in total. The third kappa shape index (κ3) is 3.60. The van der Waals surface area contributed by atoms with Gasteiger partial charge < -0.3 is 10.1 Å². The van der Waals surface area contributed by atoms with E-state index < -0.39 is 23.9 Å². The minimum Gasteiger partial charge on any atom is -0.455 e. The van der Waals surface area contributed by atoms with E-state index in [1.54, 1.807) is 23.6 Å². The fourth-order valence-electron chi connectivity index (χ4n) is 3.28. The number of ether oxygens (including phenoxy) is 1. The van der Waals surface area contributed by atoms with Crippen molar-refractivity contribution in [1.82, 2.24) is 0 Å². The number of nitrogens with zero attached hydrogens (tertiary/aromatic N) is 1. The van der Waals surface area contributed by atoms with Gasteiger partial charge in [-0.15, -0.1) is 11.3 Å². The van der Waals surface area contributed by atoms with Crippen molar-refractivity contribution in [3.63, 3.8) is 0 Å². The number of hydrogen-bond donors (Lipinski definition) is 1. The number of anilines is 1. The normalized spacial score (nSPS) is 15.2. The van der Waals surface area contributed by atoms with Gasteiger partial charge in [0.15, 0.2) is 6.61 Å². The maximum atomic E-state index is 13.2. The van der Waals surface area contributed by atoms with E-state index in [-0.39, 0.29) is 5.82 Å². The number of rotatable bonds is 5. The Bertz CT molecular complexity index is 848. The van der Waals surface area contributed by atoms with Crippen molar-refractivity contribution in [3.8, 4) is 6.07 Å². The van der Waals surface area contributed by atoms with Crippen molar-refractivity contribution in [3.05, 3.63) is 52.7 Å². The fourth-order valence-corrected chi connectivity index (χ4v) is 4.04. The molecule has 1 N–H and O–H groups in total. The molecule has 26 heavy (non-hydrogen) atoms. The van der Waals surface area contributed by atoms with Crippen molar-refractivity contribution in [1.29, 1.82) is 5.26 Å². The van der Waals surface area contributed by atoms with Crippen LogP contribution in [0.15, 0.2) is 35.7 Å². The van der Waals surface area contributed by atoms with Crippen LogP contribution in [0.5, 0.6) is 0 Å². The number of hydrogen-bond acceptors (Lipinski definition) is 5. The molecule has 0 unspecified atom stereocenters. The zero-order valence-corrected chi connectivity index (χ0v) is 14.8. The predicted molar refractivity (Wildman–Crippen MR) is 95.2 cm³/mol. The molecule has 134 valence electrons. The standard InChI is InChI=1S/C19H17FN2O3S/c20-15-5-3-14(4-6-15)19(8-1-2-9-19)18(24)25-12-16(23)22-17-13(11-21)7-10-26-17/h3-7,10H,1-2,8-9,12H2,(H,22,23). The van der Waals surface area contributed by atoms with Gasteiger partial charge in [-0.1, -0.05) is 25.0 Å². The first-order valence-electron chi connectivity index (χ1n) is 8.26. The van der Waals surface area contributed by atoms with Gasteiger partial charge in [-0.05, 0) is 42.0 Å². The molecule has 1 aliphatic rings. The number of benzene rings is 1. The number of halogens is 1. The van der Waals surface area contributed by atoms with Gasteiger partial charge in [0.25, 0.3) is 5.91 Å². The second-order valence-electron chi connectivity index (χ2n) is 6.20. The molecule has 0 radical (unpaired) electrons. The van der Waals surface area contributed by atoms with E-state index >= 15 is 0 Å². The third-order valence-corrected chi connectivity index (χ3v) is 5.45. The SMILES string of the molecule is N#Cc1ccsc1NC(=O)COC(=O)C1(c2ccc(F)cc2)CCCC1. The molecule has 1 aromatic heterocycles. The Morgan fingerprint density at radius 2 is 1.92 bits per heavy atom. The van der Waals surface area contributed by atoms with E-state index in [9.17, 15) is 14.0 Å². The number of nitriles is 1. The van der Waals surface area contributed by atoms with Gasteiger partial charge in [0, 0.05) is 0 Å². The highest BCUT2D eigenvalue weighted by Crippen LogP contribution is 2.42. The summed E-state index contributed by atoms with van der Waals surface area (Å²) in [6.45, 7) is -0.426. The molecule has 1 amide bonds. The highest BCUT2D eigenvalue weighted by atomic mass is 32.1. The monoisotopic (exact) mass is 372 g/mol. The average Bonchev–Trinajstić information content (AvgIpc) is 3.30. The Labute approximate surface area is 154 Å². The smallest absolute Gasteiger partial charge is 0.317 e. The maximum Gasteiger partial charge on any atom is 0.317 e. The maximum absolute atomic E-state index is 13.2. The average molecular weight is 372 g/mol. The van der Waals surface area contributed by atoms with E-state index in [2.05, 4.69) is 5.32 Å². The number of thiophene rings is 1. The van der Waals surface area contributed by atoms with Gasteiger partial charge in [0.1, 0.15) is 16.9 Å². The number of nitrogens with one attached hydrogen (secondary N) is 1. The molecule has 2 aromatic rings. The summed E-state index contributed by atoms with van der Waals surface area (Å²) in [6.07, 6.45) is 2.98. The van der Waals surface area contributed by atoms with Crippen molar-refractivity contribution < 1.29 is 18.7 Å². The van der Waals surface area contributed by atoms with Crippen LogP contribution < -0.4 is 5.32 Å². The summed E-state index contributed by atoms with van der Waals surface area (Å²) >= 11 is 1.23. The first kappa shape index (κ1) is 18.1. The lowest BCUT2D eigenvalue weighted by Crippen LogP contribution is -2.36. The number of esters is 1. The fraction of sp³-hybridized carbons (Fsp3) is 0.316. The van der Waals surface area contributed by atoms with Crippen LogP contribution in [-0.4, -0.2) is 18.5 Å². The molecule has 0 saturated heterocycles. The van der Waals surface area contributed by atoms with E-state index in [0.29, 0.717) is 29.0 Å². The van der Waals surface area contributed by atoms with Crippen LogP contribution in [0.25, 0.3) is 0 Å². The first-order chi connectivity index (χ1) is 12.5. The van der Waals surface area contributed by atoms with Crippen LogP contribution >= 0.6 is 11.3 Å². The summed E-state index contributed by atoms with van der Waals surface area (Å²) < 4.78 is 18.5. The molecule has 1 fully saturated rings. The molecule has 1 aromatic carbocycles. The lowest BCUT2D eigenvalue weighted by molar-refractivity contribution is -0.153. The highest BCUT2D eigenvalue weighted by Gasteiger charge is 2.44. The molecule has 7 heteroatoms. The Kier molecular flexibility index (Phi) is 5.33. The van der Waals surface area contributed by atoms with E-state index in [0.717, 1.165) is 12.8 Å². The number of carbonyl (C=O) groups is 2. The quantitative estimate of drug-likeness (QED) is 0.811. The topological polar surface area (TPSA) is 79.2 Å². The Morgan fingerprint density at radius 3 is 2.58 bits per heavy atom. The predicted octanol–water partition coefficient (Wildman–Crippen LogP) is 3.75. The Hall–Kier alpha value is -2.72. The van der Waals surface area contributed by atoms with E-state index in [1.807, 2.05) is 6.07 Å². The summed E-state index contributed by atoms with van der Waals surface area (Å²) in [5, 5.41) is 13.7. The van der Waals surface area contributed by atoms with Crippen LogP contribution in [0.3, 0.4) is 0 Å². The van der Waals surface area contributed by atoms with E-state index in [1.165, 1.54) is 23.5 Å². The molecule has 1 aliphatic carbocycles. The van der Waals surface area contributed by atoms with Crippen molar-refractivity contribution in [2.45, 2.75) is 31.1 Å². The van der Waals surface area contributed by atoms with Crippen LogP contribution in [0, 0.1) is 17.1 Å². The van der Waals surface area contributed by atoms with Crippen molar-refractivity contribution in [2.75, 3.05) is 11.9 Å². The summed E-state index contributed by atoms with van der Waals surface area (Å²) in [6, 6.07) is 9.45. The van der Waals surface area contributed by atoms with E-state index in [4.69, 9.17) is 10.00 Å². The third-order valence-electron chi connectivity index (χ3n) is 4.62. The molecule has 3 rings (SSSR count). The number of amides is 1. The molecule has 1 saturated carbocycles. The zero-order valence-electron chi connectivity index (χ0n) is 14.0. The van der Waals surface area contributed by atoms with Gasteiger partial charge in [0.2, 0.25) is 0 Å². The summed E-state index contributed by atoms with van der Waals surface area (Å²) in [7, 11) is 0. The second kappa shape index (κ2) is 7.67. The van der Waals surface area contributed by atoms with Gasteiger partial charge in [-0.3, -0.25) is 9.59 Å². The molecule has 0 bridgehead atoms. The van der Waals surface area contributed by atoms with Crippen molar-refractivity contribution in [2.24, 2.45) is 0 Å². The summed E-state index contributed by atoms with van der Waals surface area (Å²) in [5.74, 6) is -1.33. The number of carbonyl (C=O) groups excluding carboxylic acids is 2. The Morgan fingerprint density at radius 1 is 1.23 bits per heavy atom. The minimum absolute atomic E-state index is 0.362. The van der Waals surface area contributed by atoms with Crippen LogP contribution in [0.2, 0.25) is 0 Å². The molecule has 0 aliphatic heterocycles. The van der Waals surface area contributed by atoms with Crippen LogP contribution in [0.4, 0.5) is 9.39 Å². The van der Waals surface area contributed by atoms with Gasteiger partial charge in [-0.2, -0.15) is 5.26 Å². The summed E-state index contributed by atoms with van der Waals surface area (Å²) in [4.78, 5) is 24.8. The molecule has 0 spiro atoms. The Balaban J connectivity index is 1.66. The van der Waals surface area contributed by atoms with Crippen molar-refractivity contribution >= 4 is 28.2 Å². The zero-order chi connectivity index (χ0) is 18.6. The lowest BCUT2D eigenvalue weighted by Gasteiger charge is -2.27. The molecule has 1 heterocycles. The molecular formula is C19H17FN2O3S. The highest BCUT2D eigenvalue weighted by molar-refractivity contribution is 7.14. The van der Waals surface area contributed by atoms with Crippen LogP contribution in [0.1, 0.15) is 36.8 Å². The second-order valence-corrected chi connectivity index (χ2v) is 7.11. The van der Waals surface area contributed by atoms with Gasteiger partial charge in [0.05, 0.1) is 11.0 Å². The summed E-state index contributed by atoms with van der Waals surface area (Å²) in [5.41, 5.74) is 0.259. The molecular weight excluding hydrogens is 355 g/mol. The van der Waals surface area contributed by atoms with Crippen LogP contribution in [-0.2, 0) is 19.7 Å². The van der Waals surface area contributed by atoms with Gasteiger partial charge >= 0.3 is 5.97 Å². The first-order valence-corrected chi connectivity index (χ1v) is 9.14. The molecule has 0 atom stereocenters. The largest absolute Gasteiger partial charge is 0.455 e. The van der Waals surface area contributed by atoms with Gasteiger partial charge in [-0.25, -0.2) is 4.39 Å². The minimum atomic E-state index is -0.825.